The lowest BCUT2D eigenvalue weighted by Gasteiger charge is -2.19. The predicted molar refractivity (Wildman–Crippen MR) is 60.9 cm³/mol. The van der Waals surface area contributed by atoms with E-state index in [4.69, 9.17) is 15.0 Å². The van der Waals surface area contributed by atoms with Crippen molar-refractivity contribution in [3.8, 4) is 0 Å². The molecule has 92 valence electrons. The van der Waals surface area contributed by atoms with E-state index in [0.717, 1.165) is 6.42 Å². The quantitative estimate of drug-likeness (QED) is 0.796. The van der Waals surface area contributed by atoms with Crippen LogP contribution in [0.4, 0.5) is 0 Å². The first-order valence-corrected chi connectivity index (χ1v) is 5.65. The highest BCUT2D eigenvalue weighted by molar-refractivity contribution is 5.02. The number of ether oxygens (including phenoxy) is 1. The summed E-state index contributed by atoms with van der Waals surface area (Å²) in [4.78, 5) is 4.29. The molecule has 0 aliphatic rings. The van der Waals surface area contributed by atoms with Gasteiger partial charge in [0.1, 0.15) is 5.54 Å². The summed E-state index contributed by atoms with van der Waals surface area (Å²) in [5.41, 5.74) is 5.37. The van der Waals surface area contributed by atoms with Crippen molar-refractivity contribution in [2.24, 2.45) is 11.7 Å². The fraction of sp³-hybridized carbons (Fsp3) is 0.818. The molecule has 5 heteroatoms. The maximum Gasteiger partial charge on any atom is 0.226 e. The molecular formula is C11H21N3O2. The smallest absolute Gasteiger partial charge is 0.226 e. The zero-order valence-electron chi connectivity index (χ0n) is 10.5. The molecule has 0 aromatic carbocycles. The van der Waals surface area contributed by atoms with Crippen molar-refractivity contribution in [3.63, 3.8) is 0 Å². The number of hydrogen-bond acceptors (Lipinski definition) is 5. The molecule has 0 aliphatic carbocycles. The zero-order chi connectivity index (χ0) is 12.2. The fourth-order valence-electron chi connectivity index (χ4n) is 1.30. The standard InChI is InChI=1S/C11H21N3O2/c1-5-15-7-11(4,12)10-13-9(16-14-10)6-8(2)3/h8H,5-7,12H2,1-4H3. The SMILES string of the molecule is CCOCC(C)(N)c1noc(CC(C)C)n1. The van der Waals surface area contributed by atoms with Crippen LogP contribution in [-0.2, 0) is 16.7 Å². The van der Waals surface area contributed by atoms with Gasteiger partial charge < -0.3 is 15.0 Å². The van der Waals surface area contributed by atoms with Crippen LogP contribution in [0.3, 0.4) is 0 Å². The Hall–Kier alpha value is -0.940. The van der Waals surface area contributed by atoms with Crippen LogP contribution in [0.1, 0.15) is 39.4 Å². The second kappa shape index (κ2) is 5.41. The lowest BCUT2D eigenvalue weighted by atomic mass is 10.1. The number of aromatic nitrogens is 2. The number of rotatable bonds is 6. The lowest BCUT2D eigenvalue weighted by Crippen LogP contribution is -2.39. The highest BCUT2D eigenvalue weighted by Crippen LogP contribution is 2.16. The molecule has 0 aliphatic heterocycles. The van der Waals surface area contributed by atoms with Crippen molar-refractivity contribution in [3.05, 3.63) is 11.7 Å². The molecule has 1 rings (SSSR count). The lowest BCUT2D eigenvalue weighted by molar-refractivity contribution is 0.0962. The third-order valence-corrected chi connectivity index (χ3v) is 2.17. The molecule has 1 unspecified atom stereocenters. The first-order valence-electron chi connectivity index (χ1n) is 5.65. The highest BCUT2D eigenvalue weighted by atomic mass is 16.5. The van der Waals surface area contributed by atoms with Crippen molar-refractivity contribution >= 4 is 0 Å². The Labute approximate surface area is 96.4 Å². The molecule has 2 N–H and O–H groups in total. The van der Waals surface area contributed by atoms with Crippen LogP contribution in [-0.4, -0.2) is 23.4 Å². The van der Waals surface area contributed by atoms with Crippen LogP contribution < -0.4 is 5.73 Å². The van der Waals surface area contributed by atoms with Crippen molar-refractivity contribution in [1.29, 1.82) is 0 Å². The Bertz CT molecular complexity index is 321. The third kappa shape index (κ3) is 3.57. The molecule has 0 saturated heterocycles. The minimum Gasteiger partial charge on any atom is -0.379 e. The first-order chi connectivity index (χ1) is 7.45. The molecule has 0 spiro atoms. The summed E-state index contributed by atoms with van der Waals surface area (Å²) in [6.07, 6.45) is 0.776. The monoisotopic (exact) mass is 227 g/mol. The molecule has 5 nitrogen and oxygen atoms in total. The van der Waals surface area contributed by atoms with E-state index in [2.05, 4.69) is 24.0 Å². The van der Waals surface area contributed by atoms with E-state index in [0.29, 0.717) is 30.8 Å². The summed E-state index contributed by atoms with van der Waals surface area (Å²) in [5.74, 6) is 1.64. The zero-order valence-corrected chi connectivity index (χ0v) is 10.5. The molecule has 0 bridgehead atoms. The second-order valence-corrected chi connectivity index (χ2v) is 4.66. The van der Waals surface area contributed by atoms with Gasteiger partial charge in [0.15, 0.2) is 5.82 Å². The number of nitrogens with two attached hydrogens (primary N) is 1. The summed E-state index contributed by atoms with van der Waals surface area (Å²) in [5, 5.41) is 3.90. The van der Waals surface area contributed by atoms with Crippen LogP contribution in [0, 0.1) is 5.92 Å². The van der Waals surface area contributed by atoms with Gasteiger partial charge >= 0.3 is 0 Å². The summed E-state index contributed by atoms with van der Waals surface area (Å²) in [7, 11) is 0. The maximum atomic E-state index is 6.06. The van der Waals surface area contributed by atoms with Crippen LogP contribution in [0.15, 0.2) is 4.52 Å². The van der Waals surface area contributed by atoms with Crippen LogP contribution in [0.5, 0.6) is 0 Å². The van der Waals surface area contributed by atoms with Gasteiger partial charge in [-0.25, -0.2) is 0 Å². The van der Waals surface area contributed by atoms with Crippen molar-refractivity contribution in [2.75, 3.05) is 13.2 Å². The molecule has 1 aromatic heterocycles. The van der Waals surface area contributed by atoms with E-state index < -0.39 is 5.54 Å². The summed E-state index contributed by atoms with van der Waals surface area (Å²) >= 11 is 0. The Morgan fingerprint density at radius 3 is 2.75 bits per heavy atom. The molecule has 1 aromatic rings. The van der Waals surface area contributed by atoms with E-state index >= 15 is 0 Å². The maximum absolute atomic E-state index is 6.06. The minimum absolute atomic E-state index is 0.393. The topological polar surface area (TPSA) is 74.2 Å². The van der Waals surface area contributed by atoms with Gasteiger partial charge in [0.05, 0.1) is 6.61 Å². The normalized spacial score (nSPS) is 15.4. The van der Waals surface area contributed by atoms with E-state index in [1.54, 1.807) is 0 Å². The van der Waals surface area contributed by atoms with Crippen LogP contribution >= 0.6 is 0 Å². The van der Waals surface area contributed by atoms with E-state index in [9.17, 15) is 0 Å². The minimum atomic E-state index is -0.686. The van der Waals surface area contributed by atoms with Gasteiger partial charge in [-0.05, 0) is 19.8 Å². The number of hydrogen-bond donors (Lipinski definition) is 1. The molecule has 0 amide bonds. The van der Waals surface area contributed by atoms with Gasteiger partial charge in [-0.3, -0.25) is 0 Å². The van der Waals surface area contributed by atoms with Crippen LogP contribution in [0.2, 0.25) is 0 Å². The molecule has 16 heavy (non-hydrogen) atoms. The highest BCUT2D eigenvalue weighted by Gasteiger charge is 2.27. The molecule has 1 heterocycles. The number of nitrogens with zero attached hydrogens (tertiary/aromatic N) is 2. The van der Waals surface area contributed by atoms with Crippen molar-refractivity contribution < 1.29 is 9.26 Å². The molecule has 0 fully saturated rings. The Morgan fingerprint density at radius 1 is 1.50 bits per heavy atom. The van der Waals surface area contributed by atoms with Gasteiger partial charge in [-0.1, -0.05) is 19.0 Å². The average Bonchev–Trinajstić information content (AvgIpc) is 2.63. The van der Waals surface area contributed by atoms with Gasteiger partial charge in [0.2, 0.25) is 5.89 Å². The van der Waals surface area contributed by atoms with Crippen LogP contribution in [0.25, 0.3) is 0 Å². The van der Waals surface area contributed by atoms with E-state index in [1.807, 2.05) is 13.8 Å². The predicted octanol–water partition coefficient (Wildman–Crippen LogP) is 1.48. The Morgan fingerprint density at radius 2 is 2.19 bits per heavy atom. The average molecular weight is 227 g/mol. The van der Waals surface area contributed by atoms with Gasteiger partial charge in [-0.2, -0.15) is 4.98 Å². The van der Waals surface area contributed by atoms with E-state index in [-0.39, 0.29) is 0 Å². The molecular weight excluding hydrogens is 206 g/mol. The Kier molecular flexibility index (Phi) is 4.44. The van der Waals surface area contributed by atoms with Gasteiger partial charge in [0.25, 0.3) is 0 Å². The second-order valence-electron chi connectivity index (χ2n) is 4.66. The van der Waals surface area contributed by atoms with Crippen molar-refractivity contribution in [2.45, 2.75) is 39.7 Å². The molecule has 0 saturated carbocycles. The third-order valence-electron chi connectivity index (χ3n) is 2.17. The Balaban J connectivity index is 2.68. The molecule has 0 radical (unpaired) electrons. The first kappa shape index (κ1) is 13.1. The molecule has 1 atom stereocenters. The van der Waals surface area contributed by atoms with Gasteiger partial charge in [-0.15, -0.1) is 0 Å². The summed E-state index contributed by atoms with van der Waals surface area (Å²) < 4.78 is 10.4. The fourth-order valence-corrected chi connectivity index (χ4v) is 1.30. The summed E-state index contributed by atoms with van der Waals surface area (Å²) in [6.45, 7) is 8.99. The van der Waals surface area contributed by atoms with Crippen molar-refractivity contribution in [1.82, 2.24) is 10.1 Å². The summed E-state index contributed by atoms with van der Waals surface area (Å²) in [6, 6.07) is 0. The largest absolute Gasteiger partial charge is 0.379 e. The van der Waals surface area contributed by atoms with Gasteiger partial charge in [0, 0.05) is 13.0 Å². The van der Waals surface area contributed by atoms with E-state index in [1.165, 1.54) is 0 Å².